The number of fused-ring (bicyclic) bond motifs is 1. The topological polar surface area (TPSA) is 88.2 Å². The summed E-state index contributed by atoms with van der Waals surface area (Å²) in [5.74, 6) is -0.383. The van der Waals surface area contributed by atoms with Crippen molar-refractivity contribution in [3.63, 3.8) is 0 Å². The zero-order chi connectivity index (χ0) is 19.0. The first-order chi connectivity index (χ1) is 12.9. The van der Waals surface area contributed by atoms with Gasteiger partial charge in [-0.25, -0.2) is 13.1 Å². The van der Waals surface area contributed by atoms with E-state index in [0.717, 1.165) is 28.2 Å². The lowest BCUT2D eigenvalue weighted by Gasteiger charge is -2.10. The van der Waals surface area contributed by atoms with Gasteiger partial charge < -0.3 is 5.32 Å². The molecular weight excluding hydrogens is 430 g/mol. The summed E-state index contributed by atoms with van der Waals surface area (Å²) < 4.78 is 28.2. The number of aromatic nitrogens is 1. The number of carbonyl (C=O) groups is 1. The first kappa shape index (κ1) is 18.1. The number of hydrogen-bond donors (Lipinski definition) is 2. The molecule has 1 heterocycles. The number of hydrogen-bond acceptors (Lipinski definition) is 4. The molecule has 2 N–H and O–H groups in total. The zero-order valence-corrected chi connectivity index (χ0v) is 16.5. The monoisotopic (exact) mass is 445 g/mol. The number of halogens is 1. The maximum atomic E-state index is 12.7. The third-order valence-electron chi connectivity index (χ3n) is 4.26. The molecule has 0 aliphatic heterocycles. The second-order valence-electron chi connectivity index (χ2n) is 6.40. The third-order valence-corrected chi connectivity index (χ3v) is 6.27. The lowest BCUT2D eigenvalue weighted by molar-refractivity contribution is 0.102. The van der Waals surface area contributed by atoms with Crippen LogP contribution in [0, 0.1) is 0 Å². The number of nitrogens with zero attached hydrogens (tertiary/aromatic N) is 1. The van der Waals surface area contributed by atoms with Gasteiger partial charge in [0.15, 0.2) is 0 Å². The van der Waals surface area contributed by atoms with Crippen LogP contribution in [-0.2, 0) is 10.0 Å². The number of rotatable bonds is 5. The SMILES string of the molecule is O=C(Nc1ccnc2ccc(Br)cc12)c1cccc(S(=O)(=O)NC2CC2)c1. The van der Waals surface area contributed by atoms with Crippen LogP contribution in [0.4, 0.5) is 5.69 Å². The van der Waals surface area contributed by atoms with Crippen LogP contribution in [0.15, 0.2) is 64.1 Å². The molecule has 3 aromatic rings. The van der Waals surface area contributed by atoms with Crippen LogP contribution >= 0.6 is 15.9 Å². The van der Waals surface area contributed by atoms with E-state index in [4.69, 9.17) is 0 Å². The van der Waals surface area contributed by atoms with Gasteiger partial charge in [-0.1, -0.05) is 22.0 Å². The second kappa shape index (κ2) is 7.03. The molecule has 8 heteroatoms. The third kappa shape index (κ3) is 4.02. The average Bonchev–Trinajstić information content (AvgIpc) is 3.45. The zero-order valence-electron chi connectivity index (χ0n) is 14.1. The van der Waals surface area contributed by atoms with Crippen LogP contribution in [0.1, 0.15) is 23.2 Å². The number of pyridine rings is 1. The van der Waals surface area contributed by atoms with Crippen molar-refractivity contribution in [2.24, 2.45) is 0 Å². The number of amides is 1. The number of benzene rings is 2. The van der Waals surface area contributed by atoms with E-state index in [-0.39, 0.29) is 22.4 Å². The first-order valence-corrected chi connectivity index (χ1v) is 10.7. The molecule has 0 spiro atoms. The maximum Gasteiger partial charge on any atom is 0.255 e. The Labute approximate surface area is 165 Å². The largest absolute Gasteiger partial charge is 0.321 e. The van der Waals surface area contributed by atoms with Crippen LogP contribution in [0.3, 0.4) is 0 Å². The molecule has 0 atom stereocenters. The van der Waals surface area contributed by atoms with Gasteiger partial charge in [0.1, 0.15) is 0 Å². The fraction of sp³-hybridized carbons (Fsp3) is 0.158. The summed E-state index contributed by atoms with van der Waals surface area (Å²) >= 11 is 3.42. The molecule has 1 aliphatic rings. The molecule has 1 fully saturated rings. The van der Waals surface area contributed by atoms with Crippen molar-refractivity contribution in [1.82, 2.24) is 9.71 Å². The van der Waals surface area contributed by atoms with Crippen LogP contribution in [0.2, 0.25) is 0 Å². The predicted molar refractivity (Wildman–Crippen MR) is 107 cm³/mol. The van der Waals surface area contributed by atoms with Gasteiger partial charge in [0.25, 0.3) is 5.91 Å². The Hall–Kier alpha value is -2.29. The van der Waals surface area contributed by atoms with Gasteiger partial charge in [-0.15, -0.1) is 0 Å². The molecule has 0 bridgehead atoms. The molecule has 4 rings (SSSR count). The fourth-order valence-corrected chi connectivity index (χ4v) is 4.43. The highest BCUT2D eigenvalue weighted by molar-refractivity contribution is 9.10. The Morgan fingerprint density at radius 1 is 1.11 bits per heavy atom. The average molecular weight is 446 g/mol. The summed E-state index contributed by atoms with van der Waals surface area (Å²) in [6.07, 6.45) is 3.32. The van der Waals surface area contributed by atoms with E-state index in [9.17, 15) is 13.2 Å². The lowest BCUT2D eigenvalue weighted by Crippen LogP contribution is -2.26. The van der Waals surface area contributed by atoms with Gasteiger partial charge >= 0.3 is 0 Å². The number of carbonyl (C=O) groups excluding carboxylic acids is 1. The van der Waals surface area contributed by atoms with Crippen molar-refractivity contribution in [3.8, 4) is 0 Å². The first-order valence-electron chi connectivity index (χ1n) is 8.40. The Bertz CT molecular complexity index is 1140. The molecule has 1 amide bonds. The smallest absolute Gasteiger partial charge is 0.255 e. The van der Waals surface area contributed by atoms with Gasteiger partial charge in [-0.3, -0.25) is 9.78 Å². The van der Waals surface area contributed by atoms with E-state index in [2.05, 4.69) is 31.0 Å². The Morgan fingerprint density at radius 3 is 2.70 bits per heavy atom. The normalized spacial score (nSPS) is 14.3. The molecule has 0 unspecified atom stereocenters. The van der Waals surface area contributed by atoms with Crippen molar-refractivity contribution in [2.75, 3.05) is 5.32 Å². The standard InChI is InChI=1S/C19H16BrN3O3S/c20-13-4-7-17-16(11-13)18(8-9-21-17)22-19(24)12-2-1-3-15(10-12)27(25,26)23-14-5-6-14/h1-4,7-11,14,23H,5-6H2,(H,21,22,24). The van der Waals surface area contributed by atoms with E-state index < -0.39 is 10.0 Å². The Kier molecular flexibility index (Phi) is 4.71. The van der Waals surface area contributed by atoms with Gasteiger partial charge in [-0.2, -0.15) is 0 Å². The maximum absolute atomic E-state index is 12.7. The fourth-order valence-electron chi connectivity index (χ4n) is 2.72. The molecular formula is C19H16BrN3O3S. The minimum atomic E-state index is -3.61. The predicted octanol–water partition coefficient (Wildman–Crippen LogP) is 3.69. The minimum absolute atomic E-state index is 0.00844. The molecule has 27 heavy (non-hydrogen) atoms. The summed E-state index contributed by atoms with van der Waals surface area (Å²) in [4.78, 5) is 17.1. The van der Waals surface area contributed by atoms with Gasteiger partial charge in [0, 0.05) is 27.7 Å². The summed E-state index contributed by atoms with van der Waals surface area (Å²) in [5, 5.41) is 3.64. The molecule has 1 saturated carbocycles. The van der Waals surface area contributed by atoms with Crippen molar-refractivity contribution < 1.29 is 13.2 Å². The summed E-state index contributed by atoms with van der Waals surface area (Å²) in [7, 11) is -3.61. The molecule has 2 aromatic carbocycles. The van der Waals surface area contributed by atoms with Crippen LogP contribution in [-0.4, -0.2) is 25.4 Å². The quantitative estimate of drug-likeness (QED) is 0.626. The van der Waals surface area contributed by atoms with E-state index in [1.165, 1.54) is 12.1 Å². The van der Waals surface area contributed by atoms with E-state index in [1.807, 2.05) is 18.2 Å². The number of nitrogens with one attached hydrogen (secondary N) is 2. The Balaban J connectivity index is 1.62. The molecule has 138 valence electrons. The van der Waals surface area contributed by atoms with Crippen molar-refractivity contribution in [1.29, 1.82) is 0 Å². The molecule has 0 saturated heterocycles. The van der Waals surface area contributed by atoms with E-state index in [0.29, 0.717) is 5.69 Å². The van der Waals surface area contributed by atoms with E-state index in [1.54, 1.807) is 24.4 Å². The van der Waals surface area contributed by atoms with Gasteiger partial charge in [0.2, 0.25) is 10.0 Å². The molecule has 1 aliphatic carbocycles. The van der Waals surface area contributed by atoms with Gasteiger partial charge in [-0.05, 0) is 55.3 Å². The summed E-state index contributed by atoms with van der Waals surface area (Å²) in [6, 6.07) is 13.4. The van der Waals surface area contributed by atoms with Crippen LogP contribution < -0.4 is 10.0 Å². The van der Waals surface area contributed by atoms with Crippen molar-refractivity contribution in [2.45, 2.75) is 23.8 Å². The second-order valence-corrected chi connectivity index (χ2v) is 9.03. The van der Waals surface area contributed by atoms with Crippen LogP contribution in [0.5, 0.6) is 0 Å². The Morgan fingerprint density at radius 2 is 1.93 bits per heavy atom. The van der Waals surface area contributed by atoms with Gasteiger partial charge in [0.05, 0.1) is 16.1 Å². The lowest BCUT2D eigenvalue weighted by atomic mass is 10.1. The highest BCUT2D eigenvalue weighted by Gasteiger charge is 2.28. The highest BCUT2D eigenvalue weighted by atomic mass is 79.9. The molecule has 0 radical (unpaired) electrons. The summed E-state index contributed by atoms with van der Waals surface area (Å²) in [6.45, 7) is 0. The highest BCUT2D eigenvalue weighted by Crippen LogP contribution is 2.26. The minimum Gasteiger partial charge on any atom is -0.321 e. The molecule has 1 aromatic heterocycles. The molecule has 6 nitrogen and oxygen atoms in total. The van der Waals surface area contributed by atoms with Crippen molar-refractivity contribution in [3.05, 3.63) is 64.8 Å². The number of anilines is 1. The van der Waals surface area contributed by atoms with Crippen LogP contribution in [0.25, 0.3) is 10.9 Å². The van der Waals surface area contributed by atoms with Crippen molar-refractivity contribution >= 4 is 48.5 Å². The van der Waals surface area contributed by atoms with E-state index >= 15 is 0 Å². The summed E-state index contributed by atoms with van der Waals surface area (Å²) in [5.41, 5.74) is 1.63. The number of sulfonamides is 1.